The van der Waals surface area contributed by atoms with Gasteiger partial charge >= 0.3 is 12.0 Å². The quantitative estimate of drug-likeness (QED) is 0.587. The first kappa shape index (κ1) is 14.4. The number of carbonyl (C=O) groups is 2. The predicted octanol–water partition coefficient (Wildman–Crippen LogP) is 1.29. The fourth-order valence-corrected chi connectivity index (χ4v) is 2.16. The molecule has 0 radical (unpaired) electrons. The van der Waals surface area contributed by atoms with Gasteiger partial charge in [0.15, 0.2) is 0 Å². The number of likely N-dealkylation sites (tertiary alicyclic amines) is 1. The molecule has 1 fully saturated rings. The highest BCUT2D eigenvalue weighted by atomic mass is 16.4. The fraction of sp³-hybridized carbons (Fsp3) is 0.692. The van der Waals surface area contributed by atoms with Crippen LogP contribution in [0, 0.1) is 17.8 Å². The molecule has 1 rings (SSSR count). The van der Waals surface area contributed by atoms with E-state index in [9.17, 15) is 9.59 Å². The highest BCUT2D eigenvalue weighted by Gasteiger charge is 2.31. The Labute approximate surface area is 108 Å². The number of carboxylic acid groups (broad SMARTS) is 1. The van der Waals surface area contributed by atoms with Crippen molar-refractivity contribution < 1.29 is 14.7 Å². The van der Waals surface area contributed by atoms with Gasteiger partial charge in [0.1, 0.15) is 0 Å². The molecule has 1 aliphatic rings. The molecular formula is C13H20N2O3. The average Bonchev–Trinajstić information content (AvgIpc) is 2.34. The molecule has 0 aromatic carbocycles. The van der Waals surface area contributed by atoms with E-state index in [1.807, 2.05) is 6.92 Å². The van der Waals surface area contributed by atoms with Crippen molar-refractivity contribution in [2.45, 2.75) is 39.2 Å². The summed E-state index contributed by atoms with van der Waals surface area (Å²) in [6.45, 7) is 4.69. The number of nitrogens with one attached hydrogen (secondary N) is 1. The van der Waals surface area contributed by atoms with Crippen molar-refractivity contribution in [3.8, 4) is 11.8 Å². The number of aliphatic carboxylic acids is 1. The SMILES string of the molecule is CC#CCCNC(=O)N1CCC(C(=O)O)CC1C. The third kappa shape index (κ3) is 3.95. The van der Waals surface area contributed by atoms with Crippen molar-refractivity contribution in [1.29, 1.82) is 0 Å². The van der Waals surface area contributed by atoms with E-state index in [0.29, 0.717) is 32.4 Å². The van der Waals surface area contributed by atoms with Crippen LogP contribution in [0.5, 0.6) is 0 Å². The zero-order valence-electron chi connectivity index (χ0n) is 10.9. The number of nitrogens with zero attached hydrogens (tertiary/aromatic N) is 1. The molecule has 1 heterocycles. The summed E-state index contributed by atoms with van der Waals surface area (Å²) < 4.78 is 0. The first-order chi connectivity index (χ1) is 8.56. The topological polar surface area (TPSA) is 69.6 Å². The molecule has 0 bridgehead atoms. The summed E-state index contributed by atoms with van der Waals surface area (Å²) in [5.41, 5.74) is 0. The highest BCUT2D eigenvalue weighted by molar-refractivity contribution is 5.75. The molecule has 2 N–H and O–H groups in total. The van der Waals surface area contributed by atoms with Crippen LogP contribution in [0.1, 0.15) is 33.1 Å². The molecule has 2 unspecified atom stereocenters. The number of urea groups is 1. The van der Waals surface area contributed by atoms with E-state index in [0.717, 1.165) is 0 Å². The number of amides is 2. The Balaban J connectivity index is 2.40. The van der Waals surface area contributed by atoms with Crippen LogP contribution in [0.25, 0.3) is 0 Å². The summed E-state index contributed by atoms with van der Waals surface area (Å²) in [7, 11) is 0. The van der Waals surface area contributed by atoms with E-state index in [-0.39, 0.29) is 18.0 Å². The summed E-state index contributed by atoms with van der Waals surface area (Å²) in [6.07, 6.45) is 1.70. The molecule has 18 heavy (non-hydrogen) atoms. The minimum atomic E-state index is -0.764. The molecule has 1 aliphatic heterocycles. The standard InChI is InChI=1S/C13H20N2O3/c1-3-4-5-7-14-13(18)15-8-6-11(12(16)17)9-10(15)2/h10-11H,5-9H2,1-2H3,(H,14,18)(H,16,17). The van der Waals surface area contributed by atoms with E-state index in [1.165, 1.54) is 0 Å². The lowest BCUT2D eigenvalue weighted by molar-refractivity contribution is -0.143. The second-order valence-corrected chi connectivity index (χ2v) is 4.51. The molecule has 5 heteroatoms. The van der Waals surface area contributed by atoms with E-state index in [2.05, 4.69) is 17.2 Å². The third-order valence-electron chi connectivity index (χ3n) is 3.19. The number of hydrogen-bond donors (Lipinski definition) is 2. The molecule has 0 aliphatic carbocycles. The maximum Gasteiger partial charge on any atom is 0.317 e. The monoisotopic (exact) mass is 252 g/mol. The number of hydrogen-bond acceptors (Lipinski definition) is 2. The van der Waals surface area contributed by atoms with Crippen LogP contribution < -0.4 is 5.32 Å². The van der Waals surface area contributed by atoms with Crippen LogP contribution in [0.15, 0.2) is 0 Å². The molecule has 0 spiro atoms. The van der Waals surface area contributed by atoms with Gasteiger partial charge in [0.05, 0.1) is 5.92 Å². The lowest BCUT2D eigenvalue weighted by Gasteiger charge is -2.36. The average molecular weight is 252 g/mol. The largest absolute Gasteiger partial charge is 0.481 e. The van der Waals surface area contributed by atoms with Gasteiger partial charge in [-0.05, 0) is 26.7 Å². The molecular weight excluding hydrogens is 232 g/mol. The molecule has 0 aromatic rings. The van der Waals surface area contributed by atoms with Gasteiger partial charge < -0.3 is 15.3 Å². The Morgan fingerprint density at radius 1 is 1.50 bits per heavy atom. The van der Waals surface area contributed by atoms with Crippen LogP contribution >= 0.6 is 0 Å². The number of carbonyl (C=O) groups excluding carboxylic acids is 1. The van der Waals surface area contributed by atoms with Gasteiger partial charge in [-0.15, -0.1) is 11.8 Å². The fourth-order valence-electron chi connectivity index (χ4n) is 2.16. The van der Waals surface area contributed by atoms with E-state index < -0.39 is 5.97 Å². The second-order valence-electron chi connectivity index (χ2n) is 4.51. The first-order valence-electron chi connectivity index (χ1n) is 6.23. The van der Waals surface area contributed by atoms with Gasteiger partial charge in [-0.2, -0.15) is 0 Å². The van der Waals surface area contributed by atoms with Crippen LogP contribution in [0.2, 0.25) is 0 Å². The lowest BCUT2D eigenvalue weighted by atomic mass is 9.92. The molecule has 2 atom stereocenters. The normalized spacial score (nSPS) is 22.9. The lowest BCUT2D eigenvalue weighted by Crippen LogP contribution is -2.50. The Morgan fingerprint density at radius 3 is 2.78 bits per heavy atom. The van der Waals surface area contributed by atoms with Crippen molar-refractivity contribution in [1.82, 2.24) is 10.2 Å². The Kier molecular flexibility index (Phi) is 5.50. The molecule has 5 nitrogen and oxygen atoms in total. The second kappa shape index (κ2) is 6.90. The molecule has 100 valence electrons. The molecule has 0 aromatic heterocycles. The van der Waals surface area contributed by atoms with Gasteiger partial charge in [-0.3, -0.25) is 4.79 Å². The molecule has 1 saturated heterocycles. The molecule has 0 saturated carbocycles. The van der Waals surface area contributed by atoms with Gasteiger partial charge in [0, 0.05) is 25.6 Å². The van der Waals surface area contributed by atoms with Crippen molar-refractivity contribution in [2.24, 2.45) is 5.92 Å². The number of piperidine rings is 1. The Morgan fingerprint density at radius 2 is 2.22 bits per heavy atom. The van der Waals surface area contributed by atoms with Gasteiger partial charge in [-0.1, -0.05) is 0 Å². The van der Waals surface area contributed by atoms with Crippen LogP contribution in [-0.2, 0) is 4.79 Å². The minimum absolute atomic E-state index is 0.0305. The van der Waals surface area contributed by atoms with E-state index >= 15 is 0 Å². The summed E-state index contributed by atoms with van der Waals surface area (Å²) in [5.74, 6) is 4.56. The summed E-state index contributed by atoms with van der Waals surface area (Å²) in [6, 6.07) is -0.152. The van der Waals surface area contributed by atoms with E-state index in [1.54, 1.807) is 11.8 Å². The third-order valence-corrected chi connectivity index (χ3v) is 3.19. The van der Waals surface area contributed by atoms with Gasteiger partial charge in [0.2, 0.25) is 0 Å². The Bertz CT molecular complexity index is 370. The zero-order valence-corrected chi connectivity index (χ0v) is 10.9. The zero-order chi connectivity index (χ0) is 13.5. The van der Waals surface area contributed by atoms with Crippen LogP contribution in [0.3, 0.4) is 0 Å². The highest BCUT2D eigenvalue weighted by Crippen LogP contribution is 2.22. The van der Waals surface area contributed by atoms with Gasteiger partial charge in [-0.25, -0.2) is 4.79 Å². The predicted molar refractivity (Wildman–Crippen MR) is 68.0 cm³/mol. The summed E-state index contributed by atoms with van der Waals surface area (Å²) in [5, 5.41) is 11.7. The number of rotatable bonds is 3. The van der Waals surface area contributed by atoms with Crippen LogP contribution in [0.4, 0.5) is 4.79 Å². The van der Waals surface area contributed by atoms with Gasteiger partial charge in [0.25, 0.3) is 0 Å². The minimum Gasteiger partial charge on any atom is -0.481 e. The maximum absolute atomic E-state index is 11.9. The smallest absolute Gasteiger partial charge is 0.317 e. The summed E-state index contributed by atoms with van der Waals surface area (Å²) >= 11 is 0. The number of carboxylic acids is 1. The van der Waals surface area contributed by atoms with Crippen molar-refractivity contribution in [3.63, 3.8) is 0 Å². The van der Waals surface area contributed by atoms with Crippen molar-refractivity contribution in [2.75, 3.05) is 13.1 Å². The Hall–Kier alpha value is -1.70. The van der Waals surface area contributed by atoms with Crippen molar-refractivity contribution in [3.05, 3.63) is 0 Å². The maximum atomic E-state index is 11.9. The molecule has 2 amide bonds. The van der Waals surface area contributed by atoms with E-state index in [4.69, 9.17) is 5.11 Å². The van der Waals surface area contributed by atoms with Crippen molar-refractivity contribution >= 4 is 12.0 Å². The summed E-state index contributed by atoms with van der Waals surface area (Å²) in [4.78, 5) is 24.5. The first-order valence-corrected chi connectivity index (χ1v) is 6.23. The van der Waals surface area contributed by atoms with Crippen LogP contribution in [-0.4, -0.2) is 41.1 Å².